The summed E-state index contributed by atoms with van der Waals surface area (Å²) in [7, 11) is 0. The van der Waals surface area contributed by atoms with Crippen molar-refractivity contribution in [3.05, 3.63) is 11.8 Å². The maximum absolute atomic E-state index is 11.7. The number of amides is 1. The summed E-state index contributed by atoms with van der Waals surface area (Å²) < 4.78 is 4.67. The fourth-order valence-electron chi connectivity index (χ4n) is 1.31. The largest absolute Gasteiger partial charge is 0.464 e. The Morgan fingerprint density at radius 2 is 2.16 bits per heavy atom. The molecule has 1 unspecified atom stereocenters. The minimum Gasteiger partial charge on any atom is -0.464 e. The number of hydrogen-bond acceptors (Lipinski definition) is 5. The molecule has 4 N–H and O–H groups in total. The highest BCUT2D eigenvalue weighted by atomic mass is 16.5. The van der Waals surface area contributed by atoms with Crippen LogP contribution in [0.4, 0.5) is 5.82 Å². The van der Waals surface area contributed by atoms with Crippen molar-refractivity contribution >= 4 is 17.7 Å². The molecule has 0 aromatic carbocycles. The van der Waals surface area contributed by atoms with E-state index in [1.54, 1.807) is 13.0 Å². The molecule has 0 fully saturated rings. The van der Waals surface area contributed by atoms with Crippen LogP contribution >= 0.6 is 0 Å². The molecule has 1 rings (SSSR count). The lowest BCUT2D eigenvalue weighted by atomic mass is 9.92. The molecule has 7 nitrogen and oxygen atoms in total. The van der Waals surface area contributed by atoms with Crippen molar-refractivity contribution < 1.29 is 14.3 Å². The predicted octanol–water partition coefficient (Wildman–Crippen LogP) is 0.536. The first-order valence-electron chi connectivity index (χ1n) is 6.04. The number of hydrogen-bond donors (Lipinski definition) is 3. The van der Waals surface area contributed by atoms with Crippen molar-refractivity contribution in [1.29, 1.82) is 0 Å². The summed E-state index contributed by atoms with van der Waals surface area (Å²) in [6, 6.07) is 0.352. The van der Waals surface area contributed by atoms with Crippen molar-refractivity contribution in [3.63, 3.8) is 0 Å². The smallest absolute Gasteiger partial charge is 0.332 e. The quantitative estimate of drug-likeness (QED) is 0.545. The Morgan fingerprint density at radius 3 is 2.63 bits per heavy atom. The zero-order valence-corrected chi connectivity index (χ0v) is 11.6. The molecule has 7 heteroatoms. The number of nitrogens with zero attached hydrogens (tertiary/aromatic N) is 1. The van der Waals surface area contributed by atoms with Gasteiger partial charge in [-0.2, -0.15) is 5.10 Å². The molecule has 0 aliphatic carbocycles. The van der Waals surface area contributed by atoms with E-state index >= 15 is 0 Å². The van der Waals surface area contributed by atoms with Gasteiger partial charge in [-0.05, 0) is 6.92 Å². The molecule has 1 amide bonds. The molecule has 1 atom stereocenters. The summed E-state index contributed by atoms with van der Waals surface area (Å²) >= 11 is 0. The zero-order valence-electron chi connectivity index (χ0n) is 11.6. The molecule has 0 spiro atoms. The van der Waals surface area contributed by atoms with E-state index in [1.807, 2.05) is 20.8 Å². The molecule has 0 aliphatic rings. The van der Waals surface area contributed by atoms with Crippen LogP contribution in [-0.4, -0.2) is 34.7 Å². The van der Waals surface area contributed by atoms with E-state index in [2.05, 4.69) is 20.3 Å². The first kappa shape index (κ1) is 15.2. The van der Waals surface area contributed by atoms with Crippen LogP contribution in [0, 0.1) is 0 Å². The van der Waals surface area contributed by atoms with Gasteiger partial charge in [0.2, 0.25) is 0 Å². The maximum atomic E-state index is 11.7. The number of nitrogens with one attached hydrogen (secondary N) is 2. The SMILES string of the molecule is CCOC(=O)C(N)C(=O)Nc1cc(C(C)(C)C)[nH]n1. The Hall–Kier alpha value is -1.89. The monoisotopic (exact) mass is 268 g/mol. The molecule has 1 aromatic heterocycles. The number of carbonyl (C=O) groups excluding carboxylic acids is 2. The molecular formula is C12H20N4O3. The van der Waals surface area contributed by atoms with Crippen molar-refractivity contribution in [2.75, 3.05) is 11.9 Å². The Kier molecular flexibility index (Phi) is 4.66. The Bertz CT molecular complexity index is 462. The fourth-order valence-corrected chi connectivity index (χ4v) is 1.31. The highest BCUT2D eigenvalue weighted by molar-refractivity contribution is 6.07. The van der Waals surface area contributed by atoms with Crippen LogP contribution in [0.3, 0.4) is 0 Å². The Morgan fingerprint density at radius 1 is 1.53 bits per heavy atom. The van der Waals surface area contributed by atoms with Crippen LogP contribution < -0.4 is 11.1 Å². The topological polar surface area (TPSA) is 110 Å². The molecule has 19 heavy (non-hydrogen) atoms. The third-order valence-corrected chi connectivity index (χ3v) is 2.46. The predicted molar refractivity (Wildman–Crippen MR) is 70.5 cm³/mol. The van der Waals surface area contributed by atoms with E-state index in [-0.39, 0.29) is 12.0 Å². The number of nitrogens with two attached hydrogens (primary N) is 1. The number of H-pyrrole nitrogens is 1. The molecular weight excluding hydrogens is 248 g/mol. The summed E-state index contributed by atoms with van der Waals surface area (Å²) in [6.45, 7) is 7.85. The zero-order chi connectivity index (χ0) is 14.6. The van der Waals surface area contributed by atoms with Crippen LogP contribution in [-0.2, 0) is 19.7 Å². The van der Waals surface area contributed by atoms with E-state index in [0.29, 0.717) is 5.82 Å². The summed E-state index contributed by atoms with van der Waals surface area (Å²) in [5.41, 5.74) is 6.22. The summed E-state index contributed by atoms with van der Waals surface area (Å²) in [5.74, 6) is -1.08. The standard InChI is InChI=1S/C12H20N4O3/c1-5-19-11(18)9(13)10(17)14-8-6-7(15-16-8)12(2,3)4/h6,9H,5,13H2,1-4H3,(H2,14,15,16,17). The molecule has 0 bridgehead atoms. The van der Waals surface area contributed by atoms with Crippen LogP contribution in [0.1, 0.15) is 33.4 Å². The van der Waals surface area contributed by atoms with Gasteiger partial charge in [-0.1, -0.05) is 20.8 Å². The van der Waals surface area contributed by atoms with E-state index in [0.717, 1.165) is 5.69 Å². The van der Waals surface area contributed by atoms with Gasteiger partial charge >= 0.3 is 5.97 Å². The molecule has 0 saturated carbocycles. The van der Waals surface area contributed by atoms with Gasteiger partial charge in [-0.15, -0.1) is 0 Å². The summed E-state index contributed by atoms with van der Waals surface area (Å²) in [5, 5.41) is 9.23. The normalized spacial score (nSPS) is 12.9. The van der Waals surface area contributed by atoms with Crippen molar-refractivity contribution in [2.45, 2.75) is 39.2 Å². The average Bonchev–Trinajstić information content (AvgIpc) is 2.76. The lowest BCUT2D eigenvalue weighted by molar-refractivity contribution is -0.146. The van der Waals surface area contributed by atoms with Gasteiger partial charge in [0.25, 0.3) is 5.91 Å². The number of anilines is 1. The van der Waals surface area contributed by atoms with Gasteiger partial charge in [-0.25, -0.2) is 4.79 Å². The van der Waals surface area contributed by atoms with Gasteiger partial charge in [0.1, 0.15) is 0 Å². The van der Waals surface area contributed by atoms with E-state index in [4.69, 9.17) is 5.73 Å². The molecule has 0 saturated heterocycles. The van der Waals surface area contributed by atoms with Gasteiger partial charge in [0.05, 0.1) is 6.61 Å². The van der Waals surface area contributed by atoms with Crippen LogP contribution in [0.2, 0.25) is 0 Å². The fraction of sp³-hybridized carbons (Fsp3) is 0.583. The van der Waals surface area contributed by atoms with Gasteiger partial charge < -0.3 is 15.8 Å². The van der Waals surface area contributed by atoms with Gasteiger partial charge in [-0.3, -0.25) is 9.89 Å². The molecule has 0 aliphatic heterocycles. The summed E-state index contributed by atoms with van der Waals surface area (Å²) in [6.07, 6.45) is 0. The van der Waals surface area contributed by atoms with Crippen molar-refractivity contribution in [3.8, 4) is 0 Å². The van der Waals surface area contributed by atoms with E-state index in [1.165, 1.54) is 0 Å². The number of esters is 1. The third-order valence-electron chi connectivity index (χ3n) is 2.46. The van der Waals surface area contributed by atoms with Crippen molar-refractivity contribution in [1.82, 2.24) is 10.2 Å². The molecule has 1 heterocycles. The minimum atomic E-state index is -1.35. The van der Waals surface area contributed by atoms with Gasteiger partial charge in [0, 0.05) is 17.2 Å². The molecule has 1 aromatic rings. The third kappa shape index (κ3) is 4.06. The Balaban J connectivity index is 2.67. The van der Waals surface area contributed by atoms with Crippen LogP contribution in [0.15, 0.2) is 6.07 Å². The summed E-state index contributed by atoms with van der Waals surface area (Å²) in [4.78, 5) is 23.0. The van der Waals surface area contributed by atoms with E-state index in [9.17, 15) is 9.59 Å². The van der Waals surface area contributed by atoms with E-state index < -0.39 is 17.9 Å². The first-order valence-corrected chi connectivity index (χ1v) is 6.04. The highest BCUT2D eigenvalue weighted by Crippen LogP contribution is 2.21. The second-order valence-corrected chi connectivity index (χ2v) is 5.14. The van der Waals surface area contributed by atoms with Gasteiger partial charge in [0.15, 0.2) is 11.9 Å². The lowest BCUT2D eigenvalue weighted by Crippen LogP contribution is -2.43. The molecule has 106 valence electrons. The number of rotatable bonds is 4. The number of aromatic amines is 1. The second-order valence-electron chi connectivity index (χ2n) is 5.14. The van der Waals surface area contributed by atoms with Crippen LogP contribution in [0.5, 0.6) is 0 Å². The highest BCUT2D eigenvalue weighted by Gasteiger charge is 2.24. The number of ether oxygens (including phenoxy) is 1. The minimum absolute atomic E-state index is 0.112. The number of aromatic nitrogens is 2. The average molecular weight is 268 g/mol. The Labute approximate surface area is 111 Å². The van der Waals surface area contributed by atoms with Crippen molar-refractivity contribution in [2.24, 2.45) is 5.73 Å². The first-order chi connectivity index (χ1) is 8.75. The molecule has 0 radical (unpaired) electrons. The lowest BCUT2D eigenvalue weighted by Gasteiger charge is -2.14. The number of carbonyl (C=O) groups is 2. The second kappa shape index (κ2) is 5.83. The van der Waals surface area contributed by atoms with Crippen LogP contribution in [0.25, 0.3) is 0 Å². The maximum Gasteiger partial charge on any atom is 0.332 e.